The van der Waals surface area contributed by atoms with Gasteiger partial charge in [-0.15, -0.1) is 11.3 Å². The van der Waals surface area contributed by atoms with Crippen LogP contribution in [0.5, 0.6) is 0 Å². The molecule has 1 N–H and O–H groups in total. The number of hydrogen-bond donors (Lipinski definition) is 1. The molecule has 2 nitrogen and oxygen atoms in total. The van der Waals surface area contributed by atoms with Gasteiger partial charge >= 0.3 is 0 Å². The van der Waals surface area contributed by atoms with Gasteiger partial charge in [-0.3, -0.25) is 0 Å². The van der Waals surface area contributed by atoms with Gasteiger partial charge in [0.25, 0.3) is 0 Å². The first kappa shape index (κ1) is 11.8. The molecule has 1 fully saturated rings. The van der Waals surface area contributed by atoms with Gasteiger partial charge in [-0.1, -0.05) is 0 Å². The summed E-state index contributed by atoms with van der Waals surface area (Å²) in [5.41, 5.74) is 2.06. The Bertz CT molecular complexity index is 543. The molecule has 0 unspecified atom stereocenters. The van der Waals surface area contributed by atoms with Crippen LogP contribution < -0.4 is 5.32 Å². The van der Waals surface area contributed by atoms with Gasteiger partial charge in [-0.2, -0.15) is 0 Å². The molecule has 3 rings (SSSR count). The molecule has 1 aliphatic rings. The number of aryl methyl sites for hydroxylation is 1. The molecule has 2 aromatic rings. The highest BCUT2D eigenvalue weighted by molar-refractivity contribution is 7.15. The molecule has 0 saturated heterocycles. The van der Waals surface area contributed by atoms with Crippen molar-refractivity contribution in [2.45, 2.75) is 32.4 Å². The predicted molar refractivity (Wildman–Crippen MR) is 72.1 cm³/mol. The largest absolute Gasteiger partial charge is 0.309 e. The second kappa shape index (κ2) is 4.78. The minimum Gasteiger partial charge on any atom is -0.309 e. The molecule has 0 aliphatic heterocycles. The van der Waals surface area contributed by atoms with E-state index in [4.69, 9.17) is 0 Å². The number of halogens is 1. The minimum atomic E-state index is -0.206. The van der Waals surface area contributed by atoms with E-state index >= 15 is 0 Å². The van der Waals surface area contributed by atoms with Crippen molar-refractivity contribution in [3.8, 4) is 10.6 Å². The highest BCUT2D eigenvalue weighted by Crippen LogP contribution is 2.29. The zero-order valence-corrected chi connectivity index (χ0v) is 11.1. The molecule has 0 bridgehead atoms. The third-order valence-electron chi connectivity index (χ3n) is 3.11. The van der Waals surface area contributed by atoms with E-state index in [9.17, 15) is 4.39 Å². The molecule has 1 heterocycles. The summed E-state index contributed by atoms with van der Waals surface area (Å²) in [5, 5.41) is 4.47. The predicted octanol–water partition coefficient (Wildman–Crippen LogP) is 3.51. The van der Waals surface area contributed by atoms with E-state index in [0.717, 1.165) is 22.8 Å². The van der Waals surface area contributed by atoms with Crippen molar-refractivity contribution in [2.24, 2.45) is 0 Å². The lowest BCUT2D eigenvalue weighted by molar-refractivity contribution is 0.628. The lowest BCUT2D eigenvalue weighted by atomic mass is 10.2. The Morgan fingerprint density at radius 3 is 2.72 bits per heavy atom. The number of nitrogens with one attached hydrogen (secondary N) is 1. The molecule has 94 valence electrons. The highest BCUT2D eigenvalue weighted by Gasteiger charge is 2.21. The third kappa shape index (κ3) is 2.60. The lowest BCUT2D eigenvalue weighted by Gasteiger charge is -1.99. The Morgan fingerprint density at radius 2 is 2.06 bits per heavy atom. The van der Waals surface area contributed by atoms with E-state index in [1.165, 1.54) is 29.9 Å². The molecule has 0 radical (unpaired) electrons. The van der Waals surface area contributed by atoms with E-state index in [-0.39, 0.29) is 5.82 Å². The normalized spacial score (nSPS) is 15.0. The second-order valence-electron chi connectivity index (χ2n) is 4.69. The van der Waals surface area contributed by atoms with Crippen molar-refractivity contribution in [3.63, 3.8) is 0 Å². The summed E-state index contributed by atoms with van der Waals surface area (Å²) in [7, 11) is 0. The Hall–Kier alpha value is -1.26. The molecular formula is C14H15FN2S. The van der Waals surface area contributed by atoms with Crippen LogP contribution >= 0.6 is 11.3 Å². The van der Waals surface area contributed by atoms with Gasteiger partial charge in [0, 0.05) is 23.0 Å². The third-order valence-corrected chi connectivity index (χ3v) is 4.32. The van der Waals surface area contributed by atoms with Gasteiger partial charge < -0.3 is 5.32 Å². The second-order valence-corrected chi connectivity index (χ2v) is 5.77. The standard InChI is InChI=1S/C14H15FN2S/c1-9-13(8-16-12-6-7-12)18-14(17-9)10-2-4-11(15)5-3-10/h2-5,12,16H,6-8H2,1H3. The topological polar surface area (TPSA) is 24.9 Å². The first-order chi connectivity index (χ1) is 8.72. The van der Waals surface area contributed by atoms with Gasteiger partial charge in [0.2, 0.25) is 0 Å². The van der Waals surface area contributed by atoms with Crippen molar-refractivity contribution >= 4 is 11.3 Å². The number of rotatable bonds is 4. The van der Waals surface area contributed by atoms with Crippen LogP contribution in [0.2, 0.25) is 0 Å². The molecule has 18 heavy (non-hydrogen) atoms. The van der Waals surface area contributed by atoms with Crippen LogP contribution in [-0.2, 0) is 6.54 Å². The first-order valence-corrected chi connectivity index (χ1v) is 6.99. The molecule has 1 aromatic carbocycles. The summed E-state index contributed by atoms with van der Waals surface area (Å²) in [5.74, 6) is -0.206. The van der Waals surface area contributed by atoms with Gasteiger partial charge in [0.05, 0.1) is 5.69 Å². The van der Waals surface area contributed by atoms with Gasteiger partial charge in [-0.05, 0) is 44.0 Å². The molecule has 4 heteroatoms. The van der Waals surface area contributed by atoms with Crippen LogP contribution in [0, 0.1) is 12.7 Å². The van der Waals surface area contributed by atoms with Gasteiger partial charge in [-0.25, -0.2) is 9.37 Å². The molecule has 1 aromatic heterocycles. The van der Waals surface area contributed by atoms with Crippen molar-refractivity contribution in [1.29, 1.82) is 0 Å². The Balaban J connectivity index is 1.79. The molecule has 1 aliphatic carbocycles. The van der Waals surface area contributed by atoms with E-state index < -0.39 is 0 Å². The van der Waals surface area contributed by atoms with Crippen molar-refractivity contribution in [3.05, 3.63) is 40.7 Å². The number of nitrogens with zero attached hydrogens (tertiary/aromatic N) is 1. The quantitative estimate of drug-likeness (QED) is 0.912. The zero-order chi connectivity index (χ0) is 12.5. The summed E-state index contributed by atoms with van der Waals surface area (Å²) in [6.45, 7) is 2.93. The van der Waals surface area contributed by atoms with Crippen molar-refractivity contribution < 1.29 is 4.39 Å². The summed E-state index contributed by atoms with van der Waals surface area (Å²) < 4.78 is 12.9. The smallest absolute Gasteiger partial charge is 0.123 e. The fourth-order valence-electron chi connectivity index (χ4n) is 1.83. The van der Waals surface area contributed by atoms with Crippen LogP contribution in [0.25, 0.3) is 10.6 Å². The van der Waals surface area contributed by atoms with E-state index in [2.05, 4.69) is 10.3 Å². The number of thiazole rings is 1. The van der Waals surface area contributed by atoms with Crippen LogP contribution in [0.1, 0.15) is 23.4 Å². The molecular weight excluding hydrogens is 247 g/mol. The minimum absolute atomic E-state index is 0.206. The maximum atomic E-state index is 12.9. The highest BCUT2D eigenvalue weighted by atomic mass is 32.1. The SMILES string of the molecule is Cc1nc(-c2ccc(F)cc2)sc1CNC1CC1. The van der Waals surface area contributed by atoms with Crippen LogP contribution in [0.3, 0.4) is 0 Å². The molecule has 0 atom stereocenters. The summed E-state index contributed by atoms with van der Waals surface area (Å²) in [6.07, 6.45) is 2.59. The summed E-state index contributed by atoms with van der Waals surface area (Å²) in [4.78, 5) is 5.84. The first-order valence-electron chi connectivity index (χ1n) is 6.18. The Kier molecular flexibility index (Phi) is 3.14. The number of hydrogen-bond acceptors (Lipinski definition) is 3. The van der Waals surface area contributed by atoms with Gasteiger partial charge in [0.1, 0.15) is 10.8 Å². The summed E-state index contributed by atoms with van der Waals surface area (Å²) >= 11 is 1.69. The van der Waals surface area contributed by atoms with Crippen LogP contribution in [0.15, 0.2) is 24.3 Å². The maximum Gasteiger partial charge on any atom is 0.123 e. The Labute approximate surface area is 110 Å². The fraction of sp³-hybridized carbons (Fsp3) is 0.357. The average molecular weight is 262 g/mol. The lowest BCUT2D eigenvalue weighted by Crippen LogP contribution is -2.14. The monoisotopic (exact) mass is 262 g/mol. The fourth-order valence-corrected chi connectivity index (χ4v) is 2.85. The molecule has 0 spiro atoms. The zero-order valence-electron chi connectivity index (χ0n) is 10.2. The van der Waals surface area contributed by atoms with Crippen LogP contribution in [-0.4, -0.2) is 11.0 Å². The molecule has 1 saturated carbocycles. The number of aromatic nitrogens is 1. The van der Waals surface area contributed by atoms with Crippen molar-refractivity contribution in [1.82, 2.24) is 10.3 Å². The molecule has 0 amide bonds. The average Bonchev–Trinajstić information content (AvgIpc) is 3.12. The van der Waals surface area contributed by atoms with E-state index in [1.807, 2.05) is 6.92 Å². The van der Waals surface area contributed by atoms with Crippen molar-refractivity contribution in [2.75, 3.05) is 0 Å². The Morgan fingerprint density at radius 1 is 1.33 bits per heavy atom. The summed E-state index contributed by atoms with van der Waals surface area (Å²) in [6, 6.07) is 7.24. The number of benzene rings is 1. The van der Waals surface area contributed by atoms with E-state index in [0.29, 0.717) is 6.04 Å². The van der Waals surface area contributed by atoms with Gasteiger partial charge in [0.15, 0.2) is 0 Å². The maximum absolute atomic E-state index is 12.9. The van der Waals surface area contributed by atoms with Crippen LogP contribution in [0.4, 0.5) is 4.39 Å². The van der Waals surface area contributed by atoms with E-state index in [1.54, 1.807) is 23.5 Å².